The summed E-state index contributed by atoms with van der Waals surface area (Å²) in [6.07, 6.45) is -0.786. The van der Waals surface area contributed by atoms with Gasteiger partial charge in [0.05, 0.1) is 5.54 Å². The van der Waals surface area contributed by atoms with Gasteiger partial charge in [0.1, 0.15) is 5.75 Å². The first-order valence-electron chi connectivity index (χ1n) is 11.9. The number of nitrogens with two attached hydrogens (primary N) is 1. The molecule has 4 aromatic rings. The van der Waals surface area contributed by atoms with Gasteiger partial charge in [0.15, 0.2) is 0 Å². The summed E-state index contributed by atoms with van der Waals surface area (Å²) in [5.74, 6) is 0.468. The third-order valence-corrected chi connectivity index (χ3v) is 6.13. The molecule has 0 spiro atoms. The highest BCUT2D eigenvalue weighted by atomic mass is 16.5. The molecule has 1 heterocycles. The maximum Gasteiger partial charge on any atom is 0.409 e. The van der Waals surface area contributed by atoms with Crippen molar-refractivity contribution in [2.45, 2.75) is 5.54 Å². The van der Waals surface area contributed by atoms with Gasteiger partial charge in [-0.1, -0.05) is 109 Å². The molecule has 0 atom stereocenters. The van der Waals surface area contributed by atoms with Gasteiger partial charge in [0, 0.05) is 26.2 Å². The monoisotopic (exact) mass is 465 g/mol. The summed E-state index contributed by atoms with van der Waals surface area (Å²) in [5, 5.41) is 3.50. The number of carbonyl (C=O) groups excluding carboxylic acids is 1. The van der Waals surface area contributed by atoms with Gasteiger partial charge >= 0.3 is 6.09 Å². The minimum Gasteiger partial charge on any atom is -0.411 e. The van der Waals surface area contributed by atoms with Crippen LogP contribution in [-0.4, -0.2) is 37.2 Å². The van der Waals surface area contributed by atoms with Gasteiger partial charge in [-0.3, -0.25) is 4.90 Å². The molecule has 35 heavy (non-hydrogen) atoms. The average Bonchev–Trinajstić information content (AvgIpc) is 2.92. The van der Waals surface area contributed by atoms with Crippen LogP contribution in [0.1, 0.15) is 16.7 Å². The van der Waals surface area contributed by atoms with Crippen LogP contribution in [0.15, 0.2) is 121 Å². The van der Waals surface area contributed by atoms with Crippen LogP contribution in [0.5, 0.6) is 5.75 Å². The van der Waals surface area contributed by atoms with Gasteiger partial charge in [-0.05, 0) is 28.8 Å². The number of hydrogen-bond donors (Lipinski definition) is 2. The molecule has 5 nitrogen and oxygen atoms in total. The van der Waals surface area contributed by atoms with Crippen molar-refractivity contribution in [1.82, 2.24) is 10.2 Å². The van der Waals surface area contributed by atoms with Gasteiger partial charge in [-0.15, -0.1) is 0 Å². The van der Waals surface area contributed by atoms with Gasteiger partial charge in [-0.25, -0.2) is 4.79 Å². The molecule has 1 aliphatic heterocycles. The molecule has 1 saturated heterocycles. The molecule has 5 rings (SSSR count). The van der Waals surface area contributed by atoms with E-state index in [1.807, 2.05) is 6.07 Å². The van der Waals surface area contributed by atoms with Crippen molar-refractivity contribution in [2.75, 3.05) is 26.2 Å². The second kappa shape index (κ2) is 12.0. The average molecular weight is 466 g/mol. The molecule has 0 bridgehead atoms. The van der Waals surface area contributed by atoms with Crippen molar-refractivity contribution in [3.05, 3.63) is 138 Å². The summed E-state index contributed by atoms with van der Waals surface area (Å²) < 4.78 is 4.55. The Bertz CT molecular complexity index is 1070. The van der Waals surface area contributed by atoms with Crippen molar-refractivity contribution in [3.8, 4) is 5.75 Å². The number of carbonyl (C=O) groups is 1. The molecule has 1 aliphatic rings. The van der Waals surface area contributed by atoms with Crippen LogP contribution >= 0.6 is 0 Å². The molecule has 3 N–H and O–H groups in total. The number of nitrogens with one attached hydrogen (secondary N) is 1. The minimum atomic E-state index is -0.786. The number of rotatable bonds is 5. The summed E-state index contributed by atoms with van der Waals surface area (Å²) in [6, 6.07) is 41.5. The zero-order valence-electron chi connectivity index (χ0n) is 19.7. The quantitative estimate of drug-likeness (QED) is 0.406. The van der Waals surface area contributed by atoms with E-state index in [4.69, 9.17) is 5.73 Å². The summed E-state index contributed by atoms with van der Waals surface area (Å²) in [6.45, 7) is 4.10. The van der Waals surface area contributed by atoms with E-state index in [-0.39, 0.29) is 5.54 Å². The van der Waals surface area contributed by atoms with E-state index in [1.165, 1.54) is 16.7 Å². The summed E-state index contributed by atoms with van der Waals surface area (Å²) in [7, 11) is 0. The maximum absolute atomic E-state index is 10.2. The fourth-order valence-corrected chi connectivity index (χ4v) is 4.69. The third-order valence-electron chi connectivity index (χ3n) is 6.13. The second-order valence-corrected chi connectivity index (χ2v) is 8.28. The van der Waals surface area contributed by atoms with Crippen LogP contribution in [0.3, 0.4) is 0 Å². The normalized spacial score (nSPS) is 13.8. The van der Waals surface area contributed by atoms with Gasteiger partial charge in [0.2, 0.25) is 0 Å². The lowest BCUT2D eigenvalue weighted by molar-refractivity contribution is 0.137. The highest BCUT2D eigenvalue weighted by molar-refractivity contribution is 5.67. The SMILES string of the molecule is NC(=O)Oc1ccccc1.c1ccc(C(c2ccccc2)(c2ccccc2)N2CCNCC2)cc1. The highest BCUT2D eigenvalue weighted by Gasteiger charge is 2.42. The molecule has 5 heteroatoms. The van der Waals surface area contributed by atoms with E-state index < -0.39 is 6.09 Å². The summed E-state index contributed by atoms with van der Waals surface area (Å²) in [4.78, 5) is 12.8. The highest BCUT2D eigenvalue weighted by Crippen LogP contribution is 2.42. The molecule has 0 aromatic heterocycles. The Morgan fingerprint density at radius 2 is 1.03 bits per heavy atom. The Hall–Kier alpha value is -3.93. The molecule has 0 saturated carbocycles. The summed E-state index contributed by atoms with van der Waals surface area (Å²) >= 11 is 0. The Kier molecular flexibility index (Phi) is 8.28. The van der Waals surface area contributed by atoms with Crippen molar-refractivity contribution >= 4 is 6.09 Å². The Labute approximate surface area is 207 Å². The van der Waals surface area contributed by atoms with Crippen LogP contribution in [-0.2, 0) is 5.54 Å². The van der Waals surface area contributed by atoms with Crippen LogP contribution in [0.25, 0.3) is 0 Å². The molecule has 4 aromatic carbocycles. The first-order valence-corrected chi connectivity index (χ1v) is 11.9. The van der Waals surface area contributed by atoms with E-state index in [0.29, 0.717) is 5.75 Å². The molecule has 0 unspecified atom stereocenters. The fourth-order valence-electron chi connectivity index (χ4n) is 4.69. The van der Waals surface area contributed by atoms with Crippen molar-refractivity contribution in [1.29, 1.82) is 0 Å². The first kappa shape index (κ1) is 24.2. The first-order chi connectivity index (χ1) is 17.2. The number of ether oxygens (including phenoxy) is 1. The number of amides is 1. The van der Waals surface area contributed by atoms with Gasteiger partial charge in [-0.2, -0.15) is 0 Å². The predicted octanol–water partition coefficient (Wildman–Crippen LogP) is 5.03. The zero-order valence-corrected chi connectivity index (χ0v) is 19.7. The van der Waals surface area contributed by atoms with Crippen LogP contribution in [0, 0.1) is 0 Å². The standard InChI is InChI=1S/C23H24N2.C7H7NO2/c1-4-10-20(11-5-1)23(21-12-6-2-7-13-21,22-14-8-3-9-15-22)25-18-16-24-17-19-25;8-7(9)10-6-4-2-1-3-5-6/h1-15,24H,16-19H2;1-5H,(H2,8,9). The molecular weight excluding hydrogens is 434 g/mol. The molecule has 0 aliphatic carbocycles. The van der Waals surface area contributed by atoms with Crippen molar-refractivity contribution < 1.29 is 9.53 Å². The minimum absolute atomic E-state index is 0.258. The number of primary amides is 1. The number of nitrogens with zero attached hydrogens (tertiary/aromatic N) is 1. The van der Waals surface area contributed by atoms with Gasteiger partial charge in [0.25, 0.3) is 0 Å². The third kappa shape index (κ3) is 5.77. The van der Waals surface area contributed by atoms with E-state index in [9.17, 15) is 4.79 Å². The largest absolute Gasteiger partial charge is 0.411 e. The Morgan fingerprint density at radius 3 is 1.40 bits per heavy atom. The number of hydrogen-bond acceptors (Lipinski definition) is 4. The zero-order chi connectivity index (χ0) is 24.3. The summed E-state index contributed by atoms with van der Waals surface area (Å²) in [5.41, 5.74) is 8.49. The van der Waals surface area contributed by atoms with Crippen molar-refractivity contribution in [3.63, 3.8) is 0 Å². The van der Waals surface area contributed by atoms with E-state index >= 15 is 0 Å². The lowest BCUT2D eigenvalue weighted by Crippen LogP contribution is -2.55. The Morgan fingerprint density at radius 1 is 0.657 bits per heavy atom. The van der Waals surface area contributed by atoms with Crippen LogP contribution < -0.4 is 15.8 Å². The number of para-hydroxylation sites is 1. The van der Waals surface area contributed by atoms with E-state index in [0.717, 1.165) is 26.2 Å². The lowest BCUT2D eigenvalue weighted by Gasteiger charge is -2.47. The van der Waals surface area contributed by atoms with E-state index in [1.54, 1.807) is 24.3 Å². The lowest BCUT2D eigenvalue weighted by atomic mass is 9.75. The Balaban J connectivity index is 0.000000243. The van der Waals surface area contributed by atoms with Gasteiger partial charge < -0.3 is 15.8 Å². The number of piperazine rings is 1. The maximum atomic E-state index is 10.2. The topological polar surface area (TPSA) is 67.6 Å². The molecule has 178 valence electrons. The van der Waals surface area contributed by atoms with E-state index in [2.05, 4.69) is 106 Å². The number of benzene rings is 4. The second-order valence-electron chi connectivity index (χ2n) is 8.28. The van der Waals surface area contributed by atoms with Crippen molar-refractivity contribution in [2.24, 2.45) is 5.73 Å². The molecular formula is C30H31N3O2. The predicted molar refractivity (Wildman–Crippen MR) is 140 cm³/mol. The van der Waals surface area contributed by atoms with Crippen LogP contribution in [0.2, 0.25) is 0 Å². The smallest absolute Gasteiger partial charge is 0.409 e. The fraction of sp³-hybridized carbons (Fsp3) is 0.167. The van der Waals surface area contributed by atoms with Crippen LogP contribution in [0.4, 0.5) is 4.79 Å². The molecule has 1 amide bonds. The molecule has 1 fully saturated rings. The molecule has 0 radical (unpaired) electrons.